The Balaban J connectivity index is 2.20. The van der Waals surface area contributed by atoms with Gasteiger partial charge in [0.1, 0.15) is 0 Å². The summed E-state index contributed by atoms with van der Waals surface area (Å²) in [6.45, 7) is 1.87. The lowest BCUT2D eigenvalue weighted by molar-refractivity contribution is -0.127. The highest BCUT2D eigenvalue weighted by atomic mass is 32.2. The van der Waals surface area contributed by atoms with Gasteiger partial charge in [0.2, 0.25) is 5.91 Å². The molecule has 7 heteroatoms. The predicted molar refractivity (Wildman–Crippen MR) is 78.2 cm³/mol. The molecule has 0 saturated heterocycles. The van der Waals surface area contributed by atoms with Crippen LogP contribution in [0.2, 0.25) is 0 Å². The zero-order valence-electron chi connectivity index (χ0n) is 11.9. The number of thioether (sulfide) groups is 1. The van der Waals surface area contributed by atoms with Crippen LogP contribution < -0.4 is 0 Å². The van der Waals surface area contributed by atoms with E-state index in [2.05, 4.69) is 15.2 Å². The first-order chi connectivity index (χ1) is 9.50. The summed E-state index contributed by atoms with van der Waals surface area (Å²) in [4.78, 5) is 17.4. The van der Waals surface area contributed by atoms with E-state index in [-0.39, 0.29) is 11.2 Å². The number of aromatic nitrogens is 4. The number of hydrogen-bond acceptors (Lipinski definition) is 5. The fraction of sp³-hybridized carbons (Fsp3) is 0.385. The molecule has 1 atom stereocenters. The molecule has 0 fully saturated rings. The Labute approximate surface area is 122 Å². The summed E-state index contributed by atoms with van der Waals surface area (Å²) in [6.07, 6.45) is 3.43. The van der Waals surface area contributed by atoms with Crippen molar-refractivity contribution < 1.29 is 4.79 Å². The van der Waals surface area contributed by atoms with Crippen molar-refractivity contribution in [2.75, 3.05) is 14.1 Å². The monoisotopic (exact) mass is 291 g/mol. The Morgan fingerprint density at radius 3 is 2.55 bits per heavy atom. The van der Waals surface area contributed by atoms with Gasteiger partial charge in [0, 0.05) is 39.1 Å². The van der Waals surface area contributed by atoms with Gasteiger partial charge < -0.3 is 9.47 Å². The Bertz CT molecular complexity index is 596. The molecule has 0 aliphatic heterocycles. The van der Waals surface area contributed by atoms with Crippen molar-refractivity contribution in [1.29, 1.82) is 0 Å². The summed E-state index contributed by atoms with van der Waals surface area (Å²) in [5.74, 6) is 0.822. The molecule has 0 spiro atoms. The molecule has 0 aromatic carbocycles. The molecule has 2 aromatic rings. The van der Waals surface area contributed by atoms with Crippen LogP contribution in [-0.2, 0) is 11.8 Å². The Hall–Kier alpha value is -1.89. The third-order valence-corrected chi connectivity index (χ3v) is 3.97. The summed E-state index contributed by atoms with van der Waals surface area (Å²) in [5, 5.41) is 8.87. The van der Waals surface area contributed by atoms with E-state index in [4.69, 9.17) is 0 Å². The maximum absolute atomic E-state index is 11.9. The van der Waals surface area contributed by atoms with E-state index in [9.17, 15) is 4.79 Å². The smallest absolute Gasteiger partial charge is 0.235 e. The summed E-state index contributed by atoms with van der Waals surface area (Å²) in [7, 11) is 5.39. The molecule has 2 aromatic heterocycles. The lowest BCUT2D eigenvalue weighted by Crippen LogP contribution is -2.29. The van der Waals surface area contributed by atoms with Gasteiger partial charge in [-0.2, -0.15) is 0 Å². The summed E-state index contributed by atoms with van der Waals surface area (Å²) in [6, 6.07) is 3.76. The third kappa shape index (κ3) is 2.98. The van der Waals surface area contributed by atoms with Gasteiger partial charge in [-0.25, -0.2) is 0 Å². The van der Waals surface area contributed by atoms with Gasteiger partial charge in [0.15, 0.2) is 11.0 Å². The molecule has 0 aliphatic rings. The van der Waals surface area contributed by atoms with Crippen LogP contribution >= 0.6 is 11.8 Å². The number of carbonyl (C=O) groups is 1. The Morgan fingerprint density at radius 1 is 1.30 bits per heavy atom. The Kier molecular flexibility index (Phi) is 4.39. The highest BCUT2D eigenvalue weighted by Crippen LogP contribution is 2.25. The second-order valence-electron chi connectivity index (χ2n) is 4.59. The molecule has 106 valence electrons. The molecule has 1 amide bonds. The average molecular weight is 291 g/mol. The summed E-state index contributed by atoms with van der Waals surface area (Å²) in [5.41, 5.74) is 0.952. The minimum absolute atomic E-state index is 0.0588. The van der Waals surface area contributed by atoms with E-state index in [0.29, 0.717) is 0 Å². The summed E-state index contributed by atoms with van der Waals surface area (Å²) >= 11 is 1.40. The number of amides is 1. The van der Waals surface area contributed by atoms with Gasteiger partial charge >= 0.3 is 0 Å². The lowest BCUT2D eigenvalue weighted by atomic mass is 10.2. The first-order valence-electron chi connectivity index (χ1n) is 6.18. The molecule has 0 aliphatic carbocycles. The van der Waals surface area contributed by atoms with Gasteiger partial charge in [0.05, 0.1) is 5.25 Å². The zero-order chi connectivity index (χ0) is 14.7. The molecule has 0 radical (unpaired) electrons. The van der Waals surface area contributed by atoms with Gasteiger partial charge in [-0.05, 0) is 19.1 Å². The van der Waals surface area contributed by atoms with Crippen molar-refractivity contribution in [3.05, 3.63) is 24.5 Å². The summed E-state index contributed by atoms with van der Waals surface area (Å²) < 4.78 is 1.89. The SMILES string of the molecule is C[C@@H](Sc1nnc(-c2ccncc2)n1C)C(=O)N(C)C. The van der Waals surface area contributed by atoms with Crippen molar-refractivity contribution in [2.45, 2.75) is 17.3 Å². The standard InChI is InChI=1S/C13H17N5OS/c1-9(12(19)17(2)3)20-13-16-15-11(18(13)4)10-5-7-14-8-6-10/h5-9H,1-4H3/t9-/m1/s1. The maximum Gasteiger partial charge on any atom is 0.235 e. The molecule has 6 nitrogen and oxygen atoms in total. The van der Waals surface area contributed by atoms with Gasteiger partial charge in [-0.1, -0.05) is 11.8 Å². The number of pyridine rings is 1. The topological polar surface area (TPSA) is 63.9 Å². The predicted octanol–water partition coefficient (Wildman–Crippen LogP) is 1.45. The van der Waals surface area contributed by atoms with E-state index in [0.717, 1.165) is 16.5 Å². The maximum atomic E-state index is 11.9. The average Bonchev–Trinajstić information content (AvgIpc) is 2.80. The van der Waals surface area contributed by atoms with E-state index >= 15 is 0 Å². The first kappa shape index (κ1) is 14.5. The van der Waals surface area contributed by atoms with E-state index in [1.165, 1.54) is 11.8 Å². The molecule has 0 saturated carbocycles. The number of rotatable bonds is 4. The molecule has 2 heterocycles. The van der Waals surface area contributed by atoms with E-state index in [1.807, 2.05) is 30.7 Å². The lowest BCUT2D eigenvalue weighted by Gasteiger charge is -2.15. The van der Waals surface area contributed by atoms with Crippen LogP contribution in [0.15, 0.2) is 29.7 Å². The Morgan fingerprint density at radius 2 is 1.95 bits per heavy atom. The zero-order valence-corrected chi connectivity index (χ0v) is 12.8. The second kappa shape index (κ2) is 6.04. The van der Waals surface area contributed by atoms with Crippen LogP contribution in [0.25, 0.3) is 11.4 Å². The molecule has 2 rings (SSSR count). The van der Waals surface area contributed by atoms with Gasteiger partial charge in [-0.3, -0.25) is 9.78 Å². The van der Waals surface area contributed by atoms with Crippen molar-refractivity contribution in [3.63, 3.8) is 0 Å². The largest absolute Gasteiger partial charge is 0.348 e. The molecule has 20 heavy (non-hydrogen) atoms. The van der Waals surface area contributed by atoms with Crippen molar-refractivity contribution >= 4 is 17.7 Å². The van der Waals surface area contributed by atoms with Crippen molar-refractivity contribution in [1.82, 2.24) is 24.6 Å². The fourth-order valence-electron chi connectivity index (χ4n) is 1.74. The molecule has 0 N–H and O–H groups in total. The number of carbonyl (C=O) groups excluding carboxylic acids is 1. The quantitative estimate of drug-likeness (QED) is 0.798. The van der Waals surface area contributed by atoms with Crippen LogP contribution in [-0.4, -0.2) is 49.9 Å². The van der Waals surface area contributed by atoms with Crippen molar-refractivity contribution in [3.8, 4) is 11.4 Å². The molecular weight excluding hydrogens is 274 g/mol. The van der Waals surface area contributed by atoms with Crippen LogP contribution in [0.4, 0.5) is 0 Å². The highest BCUT2D eigenvalue weighted by molar-refractivity contribution is 8.00. The number of nitrogens with zero attached hydrogens (tertiary/aromatic N) is 5. The second-order valence-corrected chi connectivity index (χ2v) is 5.90. The molecule has 0 unspecified atom stereocenters. The van der Waals surface area contributed by atoms with Crippen LogP contribution in [0.3, 0.4) is 0 Å². The van der Waals surface area contributed by atoms with Crippen molar-refractivity contribution in [2.24, 2.45) is 7.05 Å². The van der Waals surface area contributed by atoms with E-state index in [1.54, 1.807) is 31.4 Å². The minimum atomic E-state index is -0.196. The number of hydrogen-bond donors (Lipinski definition) is 0. The highest BCUT2D eigenvalue weighted by Gasteiger charge is 2.20. The van der Waals surface area contributed by atoms with E-state index < -0.39 is 0 Å². The van der Waals surface area contributed by atoms with Crippen LogP contribution in [0.1, 0.15) is 6.92 Å². The van der Waals surface area contributed by atoms with Crippen LogP contribution in [0, 0.1) is 0 Å². The van der Waals surface area contributed by atoms with Crippen LogP contribution in [0.5, 0.6) is 0 Å². The fourth-order valence-corrected chi connectivity index (χ4v) is 2.70. The minimum Gasteiger partial charge on any atom is -0.348 e. The molecular formula is C13H17N5OS. The van der Waals surface area contributed by atoms with Gasteiger partial charge in [0.25, 0.3) is 0 Å². The molecule has 0 bridgehead atoms. The first-order valence-corrected chi connectivity index (χ1v) is 7.06. The normalized spacial score (nSPS) is 12.2. The third-order valence-electron chi connectivity index (χ3n) is 2.84. The van der Waals surface area contributed by atoms with Gasteiger partial charge in [-0.15, -0.1) is 10.2 Å².